The van der Waals surface area contributed by atoms with Crippen molar-refractivity contribution in [3.63, 3.8) is 0 Å². The van der Waals surface area contributed by atoms with E-state index >= 15 is 0 Å². The Kier molecular flexibility index (Phi) is 5.22. The summed E-state index contributed by atoms with van der Waals surface area (Å²) in [5.41, 5.74) is 0.585. The Hall–Kier alpha value is -0.300. The maximum atomic E-state index is 3.75. The lowest BCUT2D eigenvalue weighted by atomic mass is 9.76. The summed E-state index contributed by atoms with van der Waals surface area (Å²) in [4.78, 5) is 0. The first-order chi connectivity index (χ1) is 5.33. The molecule has 0 aromatic heterocycles. The van der Waals surface area contributed by atoms with Crippen LogP contribution < -0.4 is 5.32 Å². The molecule has 0 aliphatic carbocycles. The minimum absolute atomic E-state index is 0.585. The van der Waals surface area contributed by atoms with Gasteiger partial charge >= 0.3 is 0 Å². The molecule has 1 aliphatic rings. The highest BCUT2D eigenvalue weighted by Crippen LogP contribution is 2.30. The van der Waals surface area contributed by atoms with E-state index in [9.17, 15) is 0 Å². The second-order valence-electron chi connectivity index (χ2n) is 2.95. The van der Waals surface area contributed by atoms with Crippen molar-refractivity contribution in [2.45, 2.75) is 33.6 Å². The minimum atomic E-state index is 0.585. The molecule has 1 fully saturated rings. The van der Waals surface area contributed by atoms with Crippen LogP contribution in [-0.2, 0) is 0 Å². The summed E-state index contributed by atoms with van der Waals surface area (Å²) >= 11 is 0. The molecule has 1 heteroatoms. The van der Waals surface area contributed by atoms with Gasteiger partial charge in [0.2, 0.25) is 0 Å². The number of hydrogen-bond acceptors (Lipinski definition) is 1. The van der Waals surface area contributed by atoms with Gasteiger partial charge in [-0.15, -0.1) is 6.58 Å². The average Bonchev–Trinajstić information content (AvgIpc) is 2.01. The highest BCUT2D eigenvalue weighted by atomic mass is 15.0. The van der Waals surface area contributed by atoms with Crippen LogP contribution in [-0.4, -0.2) is 13.1 Å². The third-order valence-electron chi connectivity index (χ3n) is 2.33. The van der Waals surface area contributed by atoms with Gasteiger partial charge in [-0.05, 0) is 18.3 Å². The first-order valence-corrected chi connectivity index (χ1v) is 4.64. The molecule has 1 rings (SSSR count). The summed E-state index contributed by atoms with van der Waals surface area (Å²) in [6.45, 7) is 12.4. The highest BCUT2D eigenvalue weighted by Gasteiger charge is 2.32. The Labute approximate surface area is 70.9 Å². The molecule has 0 radical (unpaired) electrons. The minimum Gasteiger partial charge on any atom is -0.316 e. The first kappa shape index (κ1) is 10.7. The Bertz CT molecular complexity index is 97.9. The summed E-state index contributed by atoms with van der Waals surface area (Å²) in [6.07, 6.45) is 4.49. The van der Waals surface area contributed by atoms with E-state index < -0.39 is 0 Å². The second-order valence-corrected chi connectivity index (χ2v) is 2.95. The third-order valence-corrected chi connectivity index (χ3v) is 2.33. The van der Waals surface area contributed by atoms with Gasteiger partial charge in [0, 0.05) is 13.1 Å². The zero-order valence-corrected chi connectivity index (χ0v) is 8.11. The third kappa shape index (κ3) is 2.66. The van der Waals surface area contributed by atoms with Crippen molar-refractivity contribution in [3.05, 3.63) is 12.7 Å². The van der Waals surface area contributed by atoms with Crippen LogP contribution in [0.5, 0.6) is 0 Å². The van der Waals surface area contributed by atoms with Crippen LogP contribution in [0.3, 0.4) is 0 Å². The fraction of sp³-hybridized carbons (Fsp3) is 0.800. The standard InChI is InChI=1S/C8H15N.C2H6/c1-3-5-8(4-2)6-9-7-8;1-2/h3,9H,1,4-7H2,2H3;1-2H3. The van der Waals surface area contributed by atoms with E-state index in [1.807, 2.05) is 19.9 Å². The van der Waals surface area contributed by atoms with E-state index in [2.05, 4.69) is 18.8 Å². The molecule has 0 bridgehead atoms. The number of nitrogens with one attached hydrogen (secondary N) is 1. The predicted molar refractivity (Wildman–Crippen MR) is 51.8 cm³/mol. The van der Waals surface area contributed by atoms with E-state index in [0.717, 1.165) is 0 Å². The molecule has 11 heavy (non-hydrogen) atoms. The van der Waals surface area contributed by atoms with Gasteiger partial charge in [0.15, 0.2) is 0 Å². The SMILES string of the molecule is C=CCC1(CC)CNC1.CC. The quantitative estimate of drug-likeness (QED) is 0.618. The summed E-state index contributed by atoms with van der Waals surface area (Å²) in [5, 5.41) is 3.29. The topological polar surface area (TPSA) is 12.0 Å². The summed E-state index contributed by atoms with van der Waals surface area (Å²) in [5.74, 6) is 0. The monoisotopic (exact) mass is 155 g/mol. The van der Waals surface area contributed by atoms with Gasteiger partial charge in [-0.3, -0.25) is 0 Å². The van der Waals surface area contributed by atoms with Gasteiger partial charge in [-0.25, -0.2) is 0 Å². The maximum Gasteiger partial charge on any atom is 0.00231 e. The fourth-order valence-corrected chi connectivity index (χ4v) is 1.32. The zero-order chi connectivity index (χ0) is 8.74. The molecule has 1 aliphatic heterocycles. The van der Waals surface area contributed by atoms with Crippen molar-refractivity contribution in [2.24, 2.45) is 5.41 Å². The van der Waals surface area contributed by atoms with E-state index in [1.54, 1.807) is 0 Å². The van der Waals surface area contributed by atoms with Crippen LogP contribution >= 0.6 is 0 Å². The second kappa shape index (κ2) is 5.36. The van der Waals surface area contributed by atoms with E-state index in [0.29, 0.717) is 5.41 Å². The van der Waals surface area contributed by atoms with E-state index in [1.165, 1.54) is 25.9 Å². The summed E-state index contributed by atoms with van der Waals surface area (Å²) < 4.78 is 0. The molecule has 0 amide bonds. The van der Waals surface area contributed by atoms with Gasteiger partial charge in [-0.2, -0.15) is 0 Å². The summed E-state index contributed by atoms with van der Waals surface area (Å²) in [6, 6.07) is 0. The molecule has 1 heterocycles. The normalized spacial score (nSPS) is 19.2. The number of rotatable bonds is 3. The molecule has 1 nitrogen and oxygen atoms in total. The lowest BCUT2D eigenvalue weighted by Crippen LogP contribution is -2.52. The maximum absolute atomic E-state index is 3.75. The summed E-state index contributed by atoms with van der Waals surface area (Å²) in [7, 11) is 0. The molecule has 0 aromatic rings. The predicted octanol–water partition coefficient (Wildman–Crippen LogP) is 2.59. The largest absolute Gasteiger partial charge is 0.316 e. The molecule has 0 saturated carbocycles. The van der Waals surface area contributed by atoms with E-state index in [4.69, 9.17) is 0 Å². The van der Waals surface area contributed by atoms with Crippen LogP contribution in [0.2, 0.25) is 0 Å². The molecule has 1 N–H and O–H groups in total. The van der Waals surface area contributed by atoms with Gasteiger partial charge in [0.05, 0.1) is 0 Å². The molecule has 0 spiro atoms. The lowest BCUT2D eigenvalue weighted by molar-refractivity contribution is 0.164. The Morgan fingerprint density at radius 3 is 2.09 bits per heavy atom. The highest BCUT2D eigenvalue weighted by molar-refractivity contribution is 4.95. The van der Waals surface area contributed by atoms with Crippen LogP contribution in [0.4, 0.5) is 0 Å². The average molecular weight is 155 g/mol. The van der Waals surface area contributed by atoms with Crippen molar-refractivity contribution in [3.8, 4) is 0 Å². The molecule has 0 atom stereocenters. The molecule has 1 saturated heterocycles. The van der Waals surface area contributed by atoms with Crippen LogP contribution in [0.15, 0.2) is 12.7 Å². The van der Waals surface area contributed by atoms with Crippen molar-refractivity contribution in [2.75, 3.05) is 13.1 Å². The van der Waals surface area contributed by atoms with Crippen molar-refractivity contribution >= 4 is 0 Å². The van der Waals surface area contributed by atoms with Crippen molar-refractivity contribution in [1.29, 1.82) is 0 Å². The van der Waals surface area contributed by atoms with Crippen molar-refractivity contribution in [1.82, 2.24) is 5.32 Å². The smallest absolute Gasteiger partial charge is 0.00231 e. The van der Waals surface area contributed by atoms with Crippen LogP contribution in [0, 0.1) is 5.41 Å². The van der Waals surface area contributed by atoms with Gasteiger partial charge in [0.1, 0.15) is 0 Å². The Morgan fingerprint density at radius 2 is 2.00 bits per heavy atom. The van der Waals surface area contributed by atoms with E-state index in [-0.39, 0.29) is 0 Å². The Morgan fingerprint density at radius 1 is 1.45 bits per heavy atom. The Balaban J connectivity index is 0.000000461. The fourth-order valence-electron chi connectivity index (χ4n) is 1.32. The van der Waals surface area contributed by atoms with Crippen LogP contribution in [0.1, 0.15) is 33.6 Å². The van der Waals surface area contributed by atoms with Crippen molar-refractivity contribution < 1.29 is 0 Å². The van der Waals surface area contributed by atoms with Gasteiger partial charge < -0.3 is 5.32 Å². The molecular weight excluding hydrogens is 134 g/mol. The molecular formula is C10H21N. The number of hydrogen-bond donors (Lipinski definition) is 1. The molecule has 66 valence electrons. The van der Waals surface area contributed by atoms with Gasteiger partial charge in [-0.1, -0.05) is 26.8 Å². The lowest BCUT2D eigenvalue weighted by Gasteiger charge is -2.41. The number of allylic oxidation sites excluding steroid dienone is 1. The van der Waals surface area contributed by atoms with Crippen LogP contribution in [0.25, 0.3) is 0 Å². The zero-order valence-electron chi connectivity index (χ0n) is 8.11. The molecule has 0 aromatic carbocycles. The molecule has 0 unspecified atom stereocenters. The first-order valence-electron chi connectivity index (χ1n) is 4.64. The van der Waals surface area contributed by atoms with Gasteiger partial charge in [0.25, 0.3) is 0 Å².